The second-order valence-corrected chi connectivity index (χ2v) is 6.39. The Morgan fingerprint density at radius 3 is 2.60 bits per heavy atom. The van der Waals surface area contributed by atoms with Crippen LogP contribution < -0.4 is 10.2 Å². The molecule has 0 saturated carbocycles. The van der Waals surface area contributed by atoms with Crippen LogP contribution in [-0.2, 0) is 9.59 Å². The van der Waals surface area contributed by atoms with Crippen LogP contribution >= 0.6 is 27.5 Å². The molecule has 1 heterocycles. The van der Waals surface area contributed by atoms with Gasteiger partial charge in [0.05, 0.1) is 15.2 Å². The average molecular weight is 360 g/mol. The van der Waals surface area contributed by atoms with Crippen molar-refractivity contribution in [1.82, 2.24) is 5.32 Å². The van der Waals surface area contributed by atoms with Gasteiger partial charge in [-0.25, -0.2) is 0 Å². The highest BCUT2D eigenvalue weighted by Gasteiger charge is 2.40. The molecule has 1 N–H and O–H groups in total. The highest BCUT2D eigenvalue weighted by atomic mass is 79.9. The largest absolute Gasteiger partial charge is 0.342 e. The lowest BCUT2D eigenvalue weighted by molar-refractivity contribution is -0.134. The van der Waals surface area contributed by atoms with Crippen LogP contribution in [0.5, 0.6) is 0 Å². The molecule has 108 valence electrons. The van der Waals surface area contributed by atoms with Gasteiger partial charge in [0.1, 0.15) is 12.1 Å². The molecular formula is C14H16BrClN2O2. The minimum absolute atomic E-state index is 0.0272. The number of hydrogen-bond donors (Lipinski definition) is 1. The van der Waals surface area contributed by atoms with Crippen LogP contribution in [0, 0.1) is 5.92 Å². The molecule has 1 aliphatic rings. The number of piperazine rings is 1. The van der Waals surface area contributed by atoms with Crippen LogP contribution in [0.4, 0.5) is 5.69 Å². The summed E-state index contributed by atoms with van der Waals surface area (Å²) in [6.07, 6.45) is 0. The summed E-state index contributed by atoms with van der Waals surface area (Å²) in [4.78, 5) is 26.2. The zero-order chi connectivity index (χ0) is 15.0. The number of anilines is 1. The van der Waals surface area contributed by atoms with Crippen molar-refractivity contribution in [2.24, 2.45) is 5.92 Å². The van der Waals surface area contributed by atoms with Crippen LogP contribution in [0.25, 0.3) is 0 Å². The van der Waals surface area contributed by atoms with E-state index in [1.807, 2.05) is 13.8 Å². The number of halogens is 2. The number of hydrogen-bond acceptors (Lipinski definition) is 2. The van der Waals surface area contributed by atoms with Gasteiger partial charge in [0.15, 0.2) is 0 Å². The summed E-state index contributed by atoms with van der Waals surface area (Å²) in [5.41, 5.74) is 0.621. The lowest BCUT2D eigenvalue weighted by atomic mass is 9.98. The fraction of sp³-hybridized carbons (Fsp3) is 0.429. The predicted molar refractivity (Wildman–Crippen MR) is 82.9 cm³/mol. The smallest absolute Gasteiger partial charge is 0.250 e. The van der Waals surface area contributed by atoms with Gasteiger partial charge in [-0.1, -0.05) is 31.5 Å². The Labute approximate surface area is 131 Å². The van der Waals surface area contributed by atoms with E-state index in [9.17, 15) is 9.59 Å². The molecule has 1 aromatic carbocycles. The van der Waals surface area contributed by atoms with Crippen molar-refractivity contribution in [3.05, 3.63) is 27.7 Å². The lowest BCUT2D eigenvalue weighted by Crippen LogP contribution is -2.64. The molecule has 0 bridgehead atoms. The predicted octanol–water partition coefficient (Wildman–Crippen LogP) is 2.98. The van der Waals surface area contributed by atoms with Gasteiger partial charge >= 0.3 is 0 Å². The zero-order valence-corrected chi connectivity index (χ0v) is 13.8. The van der Waals surface area contributed by atoms with E-state index in [4.69, 9.17) is 11.6 Å². The third-order valence-electron chi connectivity index (χ3n) is 3.43. The van der Waals surface area contributed by atoms with Crippen molar-refractivity contribution in [3.8, 4) is 0 Å². The number of rotatable bonds is 2. The molecule has 6 heteroatoms. The Balaban J connectivity index is 2.49. The van der Waals surface area contributed by atoms with Crippen molar-refractivity contribution in [2.45, 2.75) is 32.9 Å². The lowest BCUT2D eigenvalue weighted by Gasteiger charge is -2.39. The zero-order valence-electron chi connectivity index (χ0n) is 11.5. The Kier molecular flexibility index (Phi) is 4.39. The average Bonchev–Trinajstić information content (AvgIpc) is 2.38. The summed E-state index contributed by atoms with van der Waals surface area (Å²) in [7, 11) is 0. The number of carbonyl (C=O) groups excluding carboxylic acids is 2. The number of benzene rings is 1. The van der Waals surface area contributed by atoms with Crippen molar-refractivity contribution in [3.63, 3.8) is 0 Å². The SMILES string of the molecule is CC(C)C1NC(=O)C(C)N(c2cccc(Cl)c2Br)C1=O. The second-order valence-electron chi connectivity index (χ2n) is 5.19. The Hall–Kier alpha value is -1.07. The first kappa shape index (κ1) is 15.3. The quantitative estimate of drug-likeness (QED) is 0.882. The second kappa shape index (κ2) is 5.74. The molecule has 0 radical (unpaired) electrons. The fourth-order valence-corrected chi connectivity index (χ4v) is 2.88. The van der Waals surface area contributed by atoms with Crippen LogP contribution in [0.2, 0.25) is 5.02 Å². The van der Waals surface area contributed by atoms with E-state index in [1.165, 1.54) is 4.90 Å². The van der Waals surface area contributed by atoms with Crippen LogP contribution in [-0.4, -0.2) is 23.9 Å². The Morgan fingerprint density at radius 2 is 2.00 bits per heavy atom. The molecule has 1 aliphatic heterocycles. The van der Waals surface area contributed by atoms with Gasteiger partial charge in [-0.3, -0.25) is 14.5 Å². The Morgan fingerprint density at radius 1 is 1.35 bits per heavy atom. The van der Waals surface area contributed by atoms with Gasteiger partial charge in [-0.05, 0) is 40.9 Å². The number of amides is 2. The van der Waals surface area contributed by atoms with Crippen LogP contribution in [0.15, 0.2) is 22.7 Å². The molecule has 1 aromatic rings. The molecule has 20 heavy (non-hydrogen) atoms. The third kappa shape index (κ3) is 2.56. The monoisotopic (exact) mass is 358 g/mol. The molecule has 2 atom stereocenters. The van der Waals surface area contributed by atoms with E-state index in [1.54, 1.807) is 25.1 Å². The molecule has 1 saturated heterocycles. The maximum Gasteiger partial charge on any atom is 0.250 e. The molecule has 0 aliphatic carbocycles. The Bertz CT molecular complexity index is 562. The van der Waals surface area contributed by atoms with E-state index in [-0.39, 0.29) is 17.7 Å². The first-order valence-corrected chi connectivity index (χ1v) is 7.59. The molecule has 2 amide bonds. The van der Waals surface area contributed by atoms with Crippen LogP contribution in [0.1, 0.15) is 20.8 Å². The highest BCUT2D eigenvalue weighted by molar-refractivity contribution is 9.10. The minimum Gasteiger partial charge on any atom is -0.342 e. The molecular weight excluding hydrogens is 344 g/mol. The van der Waals surface area contributed by atoms with Gasteiger partial charge < -0.3 is 5.32 Å². The highest BCUT2D eigenvalue weighted by Crippen LogP contribution is 2.35. The van der Waals surface area contributed by atoms with E-state index < -0.39 is 12.1 Å². The standard InChI is InChI=1S/C14H16BrClN2O2/c1-7(2)12-14(20)18(8(3)13(19)17-12)10-6-4-5-9(16)11(10)15/h4-8,12H,1-3H3,(H,17,19). The van der Waals surface area contributed by atoms with E-state index in [2.05, 4.69) is 21.2 Å². The van der Waals surface area contributed by atoms with E-state index in [0.717, 1.165) is 0 Å². The summed E-state index contributed by atoms with van der Waals surface area (Å²) in [5.74, 6) is -0.246. The van der Waals surface area contributed by atoms with Gasteiger partial charge in [-0.15, -0.1) is 0 Å². The molecule has 0 aromatic heterocycles. The molecule has 0 spiro atoms. The molecule has 2 unspecified atom stereocenters. The number of carbonyl (C=O) groups is 2. The normalized spacial score (nSPS) is 23.2. The molecule has 1 fully saturated rings. The van der Waals surface area contributed by atoms with Crippen LogP contribution in [0.3, 0.4) is 0 Å². The van der Waals surface area contributed by atoms with Crippen molar-refractivity contribution in [1.29, 1.82) is 0 Å². The van der Waals surface area contributed by atoms with E-state index in [0.29, 0.717) is 15.2 Å². The first-order chi connectivity index (χ1) is 9.34. The van der Waals surface area contributed by atoms with Gasteiger partial charge in [0, 0.05) is 0 Å². The minimum atomic E-state index is -0.563. The van der Waals surface area contributed by atoms with Gasteiger partial charge in [-0.2, -0.15) is 0 Å². The van der Waals surface area contributed by atoms with Gasteiger partial charge in [0.2, 0.25) is 5.91 Å². The van der Waals surface area contributed by atoms with Gasteiger partial charge in [0.25, 0.3) is 5.91 Å². The number of nitrogens with zero attached hydrogens (tertiary/aromatic N) is 1. The maximum absolute atomic E-state index is 12.6. The molecule has 4 nitrogen and oxygen atoms in total. The van der Waals surface area contributed by atoms with E-state index >= 15 is 0 Å². The summed E-state index contributed by atoms with van der Waals surface area (Å²) in [6, 6.07) is 4.20. The fourth-order valence-electron chi connectivity index (χ4n) is 2.25. The summed E-state index contributed by atoms with van der Waals surface area (Å²) in [6.45, 7) is 5.52. The third-order valence-corrected chi connectivity index (χ3v) is 4.80. The van der Waals surface area contributed by atoms with Crippen molar-refractivity contribution >= 4 is 45.0 Å². The molecule has 2 rings (SSSR count). The topological polar surface area (TPSA) is 49.4 Å². The summed E-state index contributed by atoms with van der Waals surface area (Å²) >= 11 is 9.47. The van der Waals surface area contributed by atoms with Crippen molar-refractivity contribution < 1.29 is 9.59 Å². The summed E-state index contributed by atoms with van der Waals surface area (Å²) in [5, 5.41) is 3.28. The first-order valence-electron chi connectivity index (χ1n) is 6.42. The maximum atomic E-state index is 12.6. The number of nitrogens with one attached hydrogen (secondary N) is 1. The summed E-state index contributed by atoms with van der Waals surface area (Å²) < 4.78 is 0.624. The van der Waals surface area contributed by atoms with Crippen molar-refractivity contribution in [2.75, 3.05) is 4.90 Å².